The van der Waals surface area contributed by atoms with Crippen LogP contribution in [0, 0.1) is 13.8 Å². The number of aromatic amines is 1. The van der Waals surface area contributed by atoms with Crippen molar-refractivity contribution in [3.05, 3.63) is 82.3 Å². The largest absolute Gasteiger partial charge is 1.00 e. The summed E-state index contributed by atoms with van der Waals surface area (Å²) >= 11 is 0. The molecule has 0 saturated carbocycles. The minimum atomic E-state index is 0. The van der Waals surface area contributed by atoms with Crippen molar-refractivity contribution in [1.82, 2.24) is 20.1 Å². The van der Waals surface area contributed by atoms with Gasteiger partial charge in [0, 0.05) is 34.4 Å². The lowest BCUT2D eigenvalue weighted by atomic mass is 9.93. The van der Waals surface area contributed by atoms with Crippen molar-refractivity contribution in [3.8, 4) is 5.75 Å². The highest BCUT2D eigenvalue weighted by atomic mass is 35.5. The lowest BCUT2D eigenvalue weighted by Crippen LogP contribution is -3.00. The molecule has 5 rings (SSSR count). The molecule has 0 radical (unpaired) electrons. The summed E-state index contributed by atoms with van der Waals surface area (Å²) in [7, 11) is 1.73. The number of fused-ring (bicyclic) bond motifs is 3. The average molecular weight is 422 g/mol. The smallest absolute Gasteiger partial charge is 0.123 e. The van der Waals surface area contributed by atoms with E-state index in [4.69, 9.17) is 4.74 Å². The number of ether oxygens (including phenoxy) is 1. The van der Waals surface area contributed by atoms with Gasteiger partial charge in [0.2, 0.25) is 0 Å². The fraction of sp³-hybridized carbons (Fsp3) is 0.292. The zero-order valence-corrected chi connectivity index (χ0v) is 18.3. The number of benzene rings is 2. The molecule has 30 heavy (non-hydrogen) atoms. The van der Waals surface area contributed by atoms with Gasteiger partial charge in [0.05, 0.1) is 25.4 Å². The summed E-state index contributed by atoms with van der Waals surface area (Å²) in [6.45, 7) is 5.79. The number of nitrogens with zero attached hydrogens (tertiary/aromatic N) is 2. The van der Waals surface area contributed by atoms with Gasteiger partial charge in [-0.25, -0.2) is 0 Å². The van der Waals surface area contributed by atoms with Gasteiger partial charge in [-0.05, 0) is 55.7 Å². The van der Waals surface area contributed by atoms with Crippen LogP contribution in [0.5, 0.6) is 5.75 Å². The van der Waals surface area contributed by atoms with Crippen LogP contribution in [0.1, 0.15) is 39.8 Å². The Balaban J connectivity index is 0.00000218. The number of methoxy groups -OCH3 is 1. The van der Waals surface area contributed by atoms with Crippen molar-refractivity contribution in [2.75, 3.05) is 13.7 Å². The van der Waals surface area contributed by atoms with Gasteiger partial charge in [-0.15, -0.1) is 0 Å². The molecule has 0 aliphatic carbocycles. The summed E-state index contributed by atoms with van der Waals surface area (Å²) in [5.74, 6) is 0.897. The minimum Gasteiger partial charge on any atom is -1.00 e. The number of hydrogen-bond acceptors (Lipinski definition) is 3. The van der Waals surface area contributed by atoms with Crippen LogP contribution in [0.4, 0.5) is 0 Å². The second kappa shape index (κ2) is 8.17. The topological polar surface area (TPSA) is 54.9 Å². The van der Waals surface area contributed by atoms with Crippen molar-refractivity contribution in [3.63, 3.8) is 0 Å². The summed E-state index contributed by atoms with van der Waals surface area (Å²) in [5.41, 5.74) is 8.50. The normalized spacial score (nSPS) is 15.6. The number of nitrogens with one attached hydrogen (secondary N) is 2. The first kappa shape index (κ1) is 20.5. The van der Waals surface area contributed by atoms with E-state index in [1.807, 2.05) is 11.6 Å². The number of H-pyrrole nitrogens is 1. The van der Waals surface area contributed by atoms with E-state index < -0.39 is 0 Å². The molecular weight excluding hydrogens is 396 g/mol. The molecule has 3 heterocycles. The zero-order valence-electron chi connectivity index (χ0n) is 17.5. The number of para-hydroxylation sites is 1. The van der Waals surface area contributed by atoms with Gasteiger partial charge in [-0.1, -0.05) is 24.3 Å². The molecule has 1 aliphatic heterocycles. The first-order valence-corrected chi connectivity index (χ1v) is 10.1. The van der Waals surface area contributed by atoms with Crippen LogP contribution in [0.2, 0.25) is 0 Å². The lowest BCUT2D eigenvalue weighted by Gasteiger charge is -2.25. The Labute approximate surface area is 182 Å². The van der Waals surface area contributed by atoms with E-state index in [1.54, 1.807) is 7.11 Å². The third kappa shape index (κ3) is 3.48. The van der Waals surface area contributed by atoms with Gasteiger partial charge >= 0.3 is 0 Å². The second-order valence-corrected chi connectivity index (χ2v) is 7.86. The summed E-state index contributed by atoms with van der Waals surface area (Å²) in [5, 5.41) is 9.67. The second-order valence-electron chi connectivity index (χ2n) is 7.86. The van der Waals surface area contributed by atoms with Crippen LogP contribution >= 0.6 is 0 Å². The molecule has 0 bridgehead atoms. The van der Waals surface area contributed by atoms with Crippen LogP contribution in [-0.2, 0) is 13.0 Å². The molecule has 0 spiro atoms. The van der Waals surface area contributed by atoms with E-state index in [0.717, 1.165) is 35.7 Å². The van der Waals surface area contributed by atoms with Gasteiger partial charge in [0.15, 0.2) is 0 Å². The molecule has 2 aromatic heterocycles. The minimum absolute atomic E-state index is 0. The SMILES string of the molecule is COc1ccc(C2NCCc3c2[nH]c2ccccc32)cc1Cn1nc(C)cc1C.[Cl-]. The fourth-order valence-corrected chi connectivity index (χ4v) is 4.56. The number of hydrogen-bond donors (Lipinski definition) is 2. The van der Waals surface area contributed by atoms with E-state index in [0.29, 0.717) is 6.54 Å². The molecule has 0 saturated heterocycles. The van der Waals surface area contributed by atoms with Crippen LogP contribution in [0.25, 0.3) is 10.9 Å². The molecule has 156 valence electrons. The van der Waals surface area contributed by atoms with E-state index in [2.05, 4.69) is 70.9 Å². The Hall–Kier alpha value is -2.76. The summed E-state index contributed by atoms with van der Waals surface area (Å²) < 4.78 is 7.70. The van der Waals surface area contributed by atoms with Crippen LogP contribution in [0.3, 0.4) is 0 Å². The highest BCUT2D eigenvalue weighted by Crippen LogP contribution is 2.35. The standard InChI is InChI=1S/C24H26N4O.ClH/c1-15-12-16(2)28(27-15)14-18-13-17(8-9-22(18)29-3)23-24-20(10-11-25-23)19-6-4-5-7-21(19)26-24;/h4-9,12-13,23,25-26H,10-11,14H2,1-3H3;1H/p-1. The Kier molecular flexibility index (Phi) is 5.58. The summed E-state index contributed by atoms with van der Waals surface area (Å²) in [6, 6.07) is 17.3. The Morgan fingerprint density at radius 2 is 1.97 bits per heavy atom. The maximum Gasteiger partial charge on any atom is 0.123 e. The molecule has 0 amide bonds. The van der Waals surface area contributed by atoms with Crippen molar-refractivity contribution in [2.24, 2.45) is 0 Å². The maximum atomic E-state index is 5.65. The molecule has 1 unspecified atom stereocenters. The predicted molar refractivity (Wildman–Crippen MR) is 116 cm³/mol. The predicted octanol–water partition coefficient (Wildman–Crippen LogP) is 1.28. The van der Waals surface area contributed by atoms with Crippen molar-refractivity contribution < 1.29 is 17.1 Å². The molecule has 6 heteroatoms. The highest BCUT2D eigenvalue weighted by Gasteiger charge is 2.25. The van der Waals surface area contributed by atoms with E-state index >= 15 is 0 Å². The van der Waals surface area contributed by atoms with E-state index in [-0.39, 0.29) is 18.4 Å². The first-order chi connectivity index (χ1) is 14.1. The Morgan fingerprint density at radius 3 is 2.73 bits per heavy atom. The molecule has 5 nitrogen and oxygen atoms in total. The van der Waals surface area contributed by atoms with Crippen molar-refractivity contribution in [1.29, 1.82) is 0 Å². The Morgan fingerprint density at radius 1 is 1.13 bits per heavy atom. The number of aromatic nitrogens is 3. The van der Waals surface area contributed by atoms with Gasteiger partial charge in [-0.2, -0.15) is 5.10 Å². The first-order valence-electron chi connectivity index (χ1n) is 10.1. The van der Waals surface area contributed by atoms with E-state index in [1.165, 1.54) is 27.7 Å². The van der Waals surface area contributed by atoms with E-state index in [9.17, 15) is 0 Å². The third-order valence-electron chi connectivity index (χ3n) is 5.92. The monoisotopic (exact) mass is 421 g/mol. The van der Waals surface area contributed by atoms with Crippen LogP contribution < -0.4 is 22.5 Å². The molecule has 1 atom stereocenters. The molecule has 0 fully saturated rings. The number of aryl methyl sites for hydroxylation is 2. The Bertz CT molecular complexity index is 1190. The van der Waals surface area contributed by atoms with Gasteiger partial charge in [0.25, 0.3) is 0 Å². The fourth-order valence-electron chi connectivity index (χ4n) is 4.56. The van der Waals surface area contributed by atoms with Crippen molar-refractivity contribution >= 4 is 10.9 Å². The molecule has 2 N–H and O–H groups in total. The summed E-state index contributed by atoms with van der Waals surface area (Å²) in [6.07, 6.45) is 1.05. The third-order valence-corrected chi connectivity index (χ3v) is 5.92. The molecule has 1 aliphatic rings. The molecule has 2 aromatic carbocycles. The number of halogens is 1. The quantitative estimate of drug-likeness (QED) is 0.522. The van der Waals surface area contributed by atoms with Gasteiger partial charge < -0.3 is 27.4 Å². The molecule has 4 aromatic rings. The van der Waals surface area contributed by atoms with Crippen LogP contribution in [0.15, 0.2) is 48.5 Å². The maximum absolute atomic E-state index is 5.65. The summed E-state index contributed by atoms with van der Waals surface area (Å²) in [4.78, 5) is 3.66. The van der Waals surface area contributed by atoms with Gasteiger partial charge in [0.1, 0.15) is 5.75 Å². The molecular formula is C24H26ClN4O-. The average Bonchev–Trinajstić information content (AvgIpc) is 3.26. The zero-order chi connectivity index (χ0) is 20.0. The number of rotatable bonds is 4. The highest BCUT2D eigenvalue weighted by molar-refractivity contribution is 5.85. The van der Waals surface area contributed by atoms with Gasteiger partial charge in [-0.3, -0.25) is 4.68 Å². The van der Waals surface area contributed by atoms with Crippen LogP contribution in [-0.4, -0.2) is 28.4 Å². The lowest BCUT2D eigenvalue weighted by molar-refractivity contribution is -0.00000639. The van der Waals surface area contributed by atoms with Crippen molar-refractivity contribution in [2.45, 2.75) is 32.9 Å².